The van der Waals surface area contributed by atoms with Crippen LogP contribution < -0.4 is 0 Å². The number of carbonyl (C=O) groups excluding carboxylic acids is 3. The number of hydrogen-bond donors (Lipinski definition) is 1. The van der Waals surface area contributed by atoms with Crippen LogP contribution in [0, 0.1) is 34.5 Å². The summed E-state index contributed by atoms with van der Waals surface area (Å²) >= 11 is 0. The minimum absolute atomic E-state index is 0.00469. The Hall–Kier alpha value is -1.98. The minimum atomic E-state index is -0.961. The predicted molar refractivity (Wildman–Crippen MR) is 120 cm³/mol. The molecule has 6 heteroatoms. The third-order valence-electron chi connectivity index (χ3n) is 9.29. The van der Waals surface area contributed by atoms with E-state index >= 15 is 0 Å². The lowest BCUT2D eigenvalue weighted by atomic mass is 9.44. The average Bonchev–Trinajstić information content (AvgIpc) is 2.96. The molecule has 0 aromatic rings. The summed E-state index contributed by atoms with van der Waals surface area (Å²) in [5, 5.41) is 7.42. The number of hydrogen-bond acceptors (Lipinski definition) is 5. The number of aliphatic carboxylic acids is 1. The first kappa shape index (κ1) is 24.7. The van der Waals surface area contributed by atoms with Crippen molar-refractivity contribution in [1.82, 2.24) is 0 Å². The molecule has 4 rings (SSSR count). The van der Waals surface area contributed by atoms with Gasteiger partial charge in [-0.1, -0.05) is 26.3 Å². The van der Waals surface area contributed by atoms with Crippen molar-refractivity contribution < 1.29 is 29.0 Å². The van der Waals surface area contributed by atoms with E-state index in [0.29, 0.717) is 36.5 Å². The summed E-state index contributed by atoms with van der Waals surface area (Å²) in [5.41, 5.74) is 0.218. The number of fused-ring (bicyclic) bond motifs is 5. The second kappa shape index (κ2) is 8.42. The SMILES string of the molecule is CC(=O)O.CC(=O)OC1(C(C)=O)CCC2C3CC(C)C4=CC(=O)CCC4(C)C3CCC21C. The molecule has 32 heavy (non-hydrogen) atoms. The van der Waals surface area contributed by atoms with Crippen LogP contribution in [0.15, 0.2) is 11.6 Å². The number of carboxylic acid groups (broad SMARTS) is 1. The summed E-state index contributed by atoms with van der Waals surface area (Å²) in [6, 6.07) is 0. The molecule has 0 saturated heterocycles. The summed E-state index contributed by atoms with van der Waals surface area (Å²) in [5.74, 6) is 0.989. The van der Waals surface area contributed by atoms with Gasteiger partial charge in [-0.2, -0.15) is 0 Å². The van der Waals surface area contributed by atoms with Gasteiger partial charge >= 0.3 is 5.97 Å². The predicted octanol–water partition coefficient (Wildman–Crippen LogP) is 4.75. The van der Waals surface area contributed by atoms with E-state index in [1.807, 2.05) is 6.08 Å². The second-order valence-electron chi connectivity index (χ2n) is 11.0. The Labute approximate surface area is 191 Å². The molecule has 4 aliphatic carbocycles. The van der Waals surface area contributed by atoms with Gasteiger partial charge in [0.2, 0.25) is 0 Å². The molecule has 3 fully saturated rings. The van der Waals surface area contributed by atoms with Gasteiger partial charge in [0, 0.05) is 25.7 Å². The summed E-state index contributed by atoms with van der Waals surface area (Å²) in [7, 11) is 0. The van der Waals surface area contributed by atoms with Gasteiger partial charge in [0.15, 0.2) is 17.2 Å². The first-order valence-corrected chi connectivity index (χ1v) is 11.9. The standard InChI is InChI=1S/C24H34O4.C2H4O2/c1-14-12-18-19(22(4)9-6-17(27)13-21(14)22)7-10-23(5)20(18)8-11-24(23,15(2)25)28-16(3)26;1-2(3)4/h13-14,18-20H,6-12H2,1-5H3;1H3,(H,3,4). The number of carbonyl (C=O) groups is 4. The van der Waals surface area contributed by atoms with Crippen LogP contribution in [0.25, 0.3) is 0 Å². The lowest BCUT2D eigenvalue weighted by Gasteiger charge is -2.60. The monoisotopic (exact) mass is 446 g/mol. The van der Waals surface area contributed by atoms with E-state index in [1.54, 1.807) is 6.92 Å². The molecular formula is C26H38O6. The number of Topliss-reactive ketones (excluding diaryl/α,β-unsaturated/α-hetero) is 1. The number of rotatable bonds is 2. The number of carboxylic acids is 1. The van der Waals surface area contributed by atoms with E-state index in [9.17, 15) is 14.4 Å². The van der Waals surface area contributed by atoms with Gasteiger partial charge in [-0.3, -0.25) is 19.2 Å². The summed E-state index contributed by atoms with van der Waals surface area (Å²) in [6.07, 6.45) is 8.19. The fourth-order valence-electron chi connectivity index (χ4n) is 8.05. The molecule has 7 atom stereocenters. The molecule has 1 N–H and O–H groups in total. The molecule has 0 aromatic carbocycles. The van der Waals surface area contributed by atoms with Crippen LogP contribution >= 0.6 is 0 Å². The topological polar surface area (TPSA) is 97.7 Å². The Kier molecular flexibility index (Phi) is 6.49. The van der Waals surface area contributed by atoms with Crippen LogP contribution in [0.2, 0.25) is 0 Å². The maximum Gasteiger partial charge on any atom is 0.303 e. The summed E-state index contributed by atoms with van der Waals surface area (Å²) < 4.78 is 5.84. The Bertz CT molecular complexity index is 854. The van der Waals surface area contributed by atoms with Crippen LogP contribution in [-0.4, -0.2) is 34.2 Å². The number of esters is 1. The summed E-state index contributed by atoms with van der Waals surface area (Å²) in [6.45, 7) is 11.0. The van der Waals surface area contributed by atoms with E-state index in [0.717, 1.165) is 39.0 Å². The van der Waals surface area contributed by atoms with Gasteiger partial charge in [0.05, 0.1) is 0 Å². The molecule has 178 valence electrons. The van der Waals surface area contributed by atoms with E-state index in [2.05, 4.69) is 20.8 Å². The zero-order chi connectivity index (χ0) is 24.1. The van der Waals surface area contributed by atoms with Crippen molar-refractivity contribution in [3.05, 3.63) is 11.6 Å². The van der Waals surface area contributed by atoms with E-state index in [4.69, 9.17) is 14.6 Å². The highest BCUT2D eigenvalue weighted by Gasteiger charge is 2.68. The van der Waals surface area contributed by atoms with Gasteiger partial charge < -0.3 is 9.84 Å². The number of allylic oxidation sites excluding steroid dienone is 1. The van der Waals surface area contributed by atoms with Crippen molar-refractivity contribution in [2.24, 2.45) is 34.5 Å². The zero-order valence-corrected chi connectivity index (χ0v) is 20.3. The Morgan fingerprint density at radius 1 is 1.03 bits per heavy atom. The lowest BCUT2D eigenvalue weighted by Crippen LogP contribution is -2.59. The molecule has 0 aromatic heterocycles. The van der Waals surface area contributed by atoms with Gasteiger partial charge in [-0.25, -0.2) is 0 Å². The molecule has 4 aliphatic rings. The van der Waals surface area contributed by atoms with Crippen LogP contribution in [0.1, 0.15) is 86.5 Å². The molecule has 0 amide bonds. The molecule has 0 radical (unpaired) electrons. The van der Waals surface area contributed by atoms with Gasteiger partial charge in [-0.05, 0) is 80.6 Å². The molecule has 0 aliphatic heterocycles. The minimum Gasteiger partial charge on any atom is -0.481 e. The quantitative estimate of drug-likeness (QED) is 0.615. The van der Waals surface area contributed by atoms with Crippen molar-refractivity contribution in [1.29, 1.82) is 0 Å². The molecular weight excluding hydrogens is 408 g/mol. The first-order chi connectivity index (χ1) is 14.8. The van der Waals surface area contributed by atoms with Gasteiger partial charge in [0.25, 0.3) is 5.97 Å². The third kappa shape index (κ3) is 3.73. The van der Waals surface area contributed by atoms with Crippen molar-refractivity contribution >= 4 is 23.5 Å². The maximum absolute atomic E-state index is 12.8. The smallest absolute Gasteiger partial charge is 0.303 e. The Morgan fingerprint density at radius 2 is 1.62 bits per heavy atom. The van der Waals surface area contributed by atoms with Crippen molar-refractivity contribution in [2.45, 2.75) is 92.1 Å². The molecule has 0 heterocycles. The highest BCUT2D eigenvalue weighted by molar-refractivity contribution is 5.92. The fraction of sp³-hybridized carbons (Fsp3) is 0.769. The third-order valence-corrected chi connectivity index (χ3v) is 9.29. The van der Waals surface area contributed by atoms with E-state index in [1.165, 1.54) is 12.5 Å². The fourth-order valence-corrected chi connectivity index (χ4v) is 8.05. The van der Waals surface area contributed by atoms with E-state index in [-0.39, 0.29) is 28.4 Å². The molecule has 6 nitrogen and oxygen atoms in total. The largest absolute Gasteiger partial charge is 0.481 e. The first-order valence-electron chi connectivity index (χ1n) is 11.9. The maximum atomic E-state index is 12.8. The van der Waals surface area contributed by atoms with Crippen LogP contribution in [0.3, 0.4) is 0 Å². The normalized spacial score (nSPS) is 42.3. The average molecular weight is 447 g/mol. The van der Waals surface area contributed by atoms with Crippen LogP contribution in [0.4, 0.5) is 0 Å². The van der Waals surface area contributed by atoms with Gasteiger partial charge in [0.1, 0.15) is 0 Å². The van der Waals surface area contributed by atoms with E-state index < -0.39 is 11.6 Å². The number of ketones is 2. The Morgan fingerprint density at radius 3 is 2.19 bits per heavy atom. The van der Waals surface area contributed by atoms with Crippen molar-refractivity contribution in [3.63, 3.8) is 0 Å². The second-order valence-corrected chi connectivity index (χ2v) is 11.0. The molecule has 0 bridgehead atoms. The molecule has 0 spiro atoms. The number of ether oxygens (including phenoxy) is 1. The highest BCUT2D eigenvalue weighted by Crippen LogP contribution is 2.69. The summed E-state index contributed by atoms with van der Waals surface area (Å²) in [4.78, 5) is 45.8. The Balaban J connectivity index is 0.000000668. The van der Waals surface area contributed by atoms with Crippen molar-refractivity contribution in [3.8, 4) is 0 Å². The zero-order valence-electron chi connectivity index (χ0n) is 20.3. The van der Waals surface area contributed by atoms with Gasteiger partial charge in [-0.15, -0.1) is 0 Å². The highest BCUT2D eigenvalue weighted by atomic mass is 16.6. The lowest BCUT2D eigenvalue weighted by molar-refractivity contribution is -0.187. The van der Waals surface area contributed by atoms with Crippen molar-refractivity contribution in [2.75, 3.05) is 0 Å². The molecule has 3 saturated carbocycles. The van der Waals surface area contributed by atoms with Crippen LogP contribution in [0.5, 0.6) is 0 Å². The van der Waals surface area contributed by atoms with Crippen LogP contribution in [-0.2, 0) is 23.9 Å². The molecule has 7 unspecified atom stereocenters.